The number of hydrogen-bond acceptors (Lipinski definition) is 1. The van der Waals surface area contributed by atoms with Gasteiger partial charge in [-0.2, -0.15) is 0 Å². The Morgan fingerprint density at radius 3 is 2.69 bits per heavy atom. The summed E-state index contributed by atoms with van der Waals surface area (Å²) in [6.45, 7) is 4.37. The predicted octanol–water partition coefficient (Wildman–Crippen LogP) is 3.38. The first-order valence-electron chi connectivity index (χ1n) is 5.92. The minimum Gasteiger partial charge on any atom is -0.381 e. The van der Waals surface area contributed by atoms with Crippen molar-refractivity contribution in [3.8, 4) is 0 Å². The summed E-state index contributed by atoms with van der Waals surface area (Å²) < 4.78 is 5.45. The Balaban J connectivity index is 1.87. The first-order chi connectivity index (χ1) is 6.35. The third-order valence-corrected chi connectivity index (χ3v) is 4.05. The summed E-state index contributed by atoms with van der Waals surface area (Å²) in [4.78, 5) is 0. The highest BCUT2D eigenvalue weighted by atomic mass is 16.5. The maximum atomic E-state index is 5.45. The van der Waals surface area contributed by atoms with Crippen molar-refractivity contribution < 1.29 is 4.74 Å². The molecule has 0 aromatic carbocycles. The van der Waals surface area contributed by atoms with E-state index in [1.165, 1.54) is 44.9 Å². The molecule has 1 heterocycles. The van der Waals surface area contributed by atoms with Crippen molar-refractivity contribution in [2.75, 3.05) is 13.2 Å². The van der Waals surface area contributed by atoms with Crippen LogP contribution < -0.4 is 0 Å². The molecular weight excluding hydrogens is 160 g/mol. The van der Waals surface area contributed by atoms with Crippen LogP contribution in [0.1, 0.15) is 51.9 Å². The van der Waals surface area contributed by atoms with E-state index in [2.05, 4.69) is 6.92 Å². The Morgan fingerprint density at radius 2 is 2.00 bits per heavy atom. The van der Waals surface area contributed by atoms with Crippen LogP contribution in [0.15, 0.2) is 0 Å². The van der Waals surface area contributed by atoms with Crippen molar-refractivity contribution in [2.45, 2.75) is 51.9 Å². The fraction of sp³-hybridized carbons (Fsp3) is 1.00. The molecule has 2 rings (SSSR count). The molecule has 13 heavy (non-hydrogen) atoms. The summed E-state index contributed by atoms with van der Waals surface area (Å²) in [5.74, 6) is 1.04. The summed E-state index contributed by atoms with van der Waals surface area (Å²) in [5.41, 5.74) is 0.720. The fourth-order valence-corrected chi connectivity index (χ4v) is 3.24. The van der Waals surface area contributed by atoms with E-state index in [-0.39, 0.29) is 0 Å². The van der Waals surface area contributed by atoms with Crippen LogP contribution in [-0.2, 0) is 4.74 Å². The zero-order valence-electron chi connectivity index (χ0n) is 8.85. The lowest BCUT2D eigenvalue weighted by molar-refractivity contribution is 0.0160. The average Bonchev–Trinajstić information content (AvgIpc) is 2.51. The Bertz CT molecular complexity index is 159. The summed E-state index contributed by atoms with van der Waals surface area (Å²) >= 11 is 0. The van der Waals surface area contributed by atoms with Gasteiger partial charge in [0.2, 0.25) is 0 Å². The smallest absolute Gasteiger partial charge is 0.0471 e. The van der Waals surface area contributed by atoms with Crippen LogP contribution in [0.4, 0.5) is 0 Å². The van der Waals surface area contributed by atoms with Crippen LogP contribution in [0.3, 0.4) is 0 Å². The number of ether oxygens (including phenoxy) is 1. The third-order valence-electron chi connectivity index (χ3n) is 4.05. The number of rotatable bonds is 2. The van der Waals surface area contributed by atoms with Crippen molar-refractivity contribution >= 4 is 0 Å². The molecule has 2 aliphatic rings. The van der Waals surface area contributed by atoms with Crippen LogP contribution in [0, 0.1) is 11.3 Å². The third kappa shape index (κ3) is 2.07. The monoisotopic (exact) mass is 182 g/mol. The predicted molar refractivity (Wildman–Crippen MR) is 54.7 cm³/mol. The van der Waals surface area contributed by atoms with E-state index >= 15 is 0 Å². The molecule has 1 saturated heterocycles. The minimum absolute atomic E-state index is 0.720. The minimum atomic E-state index is 0.720. The van der Waals surface area contributed by atoms with Gasteiger partial charge in [0.1, 0.15) is 0 Å². The molecule has 1 atom stereocenters. The van der Waals surface area contributed by atoms with E-state index in [9.17, 15) is 0 Å². The van der Waals surface area contributed by atoms with Gasteiger partial charge in [-0.25, -0.2) is 0 Å². The lowest BCUT2D eigenvalue weighted by Crippen LogP contribution is -2.26. The van der Waals surface area contributed by atoms with E-state index in [1.807, 2.05) is 0 Å². The van der Waals surface area contributed by atoms with Crippen molar-refractivity contribution in [1.82, 2.24) is 0 Å². The quantitative estimate of drug-likeness (QED) is 0.636. The van der Waals surface area contributed by atoms with Gasteiger partial charge in [-0.1, -0.05) is 19.8 Å². The molecule has 0 N–H and O–H groups in total. The zero-order chi connectivity index (χ0) is 9.15. The van der Waals surface area contributed by atoms with E-state index < -0.39 is 0 Å². The van der Waals surface area contributed by atoms with Gasteiger partial charge in [0.15, 0.2) is 0 Å². The molecule has 0 aromatic heterocycles. The maximum Gasteiger partial charge on any atom is 0.0471 e. The van der Waals surface area contributed by atoms with Crippen LogP contribution >= 0.6 is 0 Å². The average molecular weight is 182 g/mol. The van der Waals surface area contributed by atoms with Gasteiger partial charge in [-0.15, -0.1) is 0 Å². The lowest BCUT2D eigenvalue weighted by Gasteiger charge is -2.33. The van der Waals surface area contributed by atoms with Crippen LogP contribution in [-0.4, -0.2) is 13.2 Å². The van der Waals surface area contributed by atoms with E-state index in [1.54, 1.807) is 0 Å². The van der Waals surface area contributed by atoms with Crippen LogP contribution in [0.2, 0.25) is 0 Å². The molecule has 1 saturated carbocycles. The molecule has 0 amide bonds. The highest BCUT2D eigenvalue weighted by Gasteiger charge is 2.39. The van der Waals surface area contributed by atoms with Gasteiger partial charge >= 0.3 is 0 Å². The molecule has 0 aromatic rings. The zero-order valence-corrected chi connectivity index (χ0v) is 8.85. The van der Waals surface area contributed by atoms with Crippen LogP contribution in [0.25, 0.3) is 0 Å². The SMILES string of the molecule is CCCC1CCC2(CCOCC2)C1. The van der Waals surface area contributed by atoms with Gasteiger partial charge in [-0.3, -0.25) is 0 Å². The Kier molecular flexibility index (Phi) is 2.92. The summed E-state index contributed by atoms with van der Waals surface area (Å²) in [6.07, 6.45) is 10.00. The van der Waals surface area contributed by atoms with E-state index in [4.69, 9.17) is 4.74 Å². The van der Waals surface area contributed by atoms with Crippen molar-refractivity contribution in [3.63, 3.8) is 0 Å². The summed E-state index contributed by atoms with van der Waals surface area (Å²) in [7, 11) is 0. The second-order valence-electron chi connectivity index (χ2n) is 5.01. The Labute approximate surface area is 81.9 Å². The Morgan fingerprint density at radius 1 is 1.23 bits per heavy atom. The summed E-state index contributed by atoms with van der Waals surface area (Å²) in [6, 6.07) is 0. The molecule has 0 bridgehead atoms. The van der Waals surface area contributed by atoms with Crippen molar-refractivity contribution in [2.24, 2.45) is 11.3 Å². The standard InChI is InChI=1S/C12H22O/c1-2-3-11-4-5-12(10-11)6-8-13-9-7-12/h11H,2-10H2,1H3. The lowest BCUT2D eigenvalue weighted by atomic mass is 9.78. The highest BCUT2D eigenvalue weighted by molar-refractivity contribution is 4.90. The first-order valence-corrected chi connectivity index (χ1v) is 5.92. The molecule has 76 valence electrons. The van der Waals surface area contributed by atoms with Crippen molar-refractivity contribution in [3.05, 3.63) is 0 Å². The molecule has 1 aliphatic carbocycles. The molecule has 1 unspecified atom stereocenters. The molecule has 0 radical (unpaired) electrons. The molecule has 1 spiro atoms. The topological polar surface area (TPSA) is 9.23 Å². The molecule has 2 fully saturated rings. The fourth-order valence-electron chi connectivity index (χ4n) is 3.24. The second-order valence-corrected chi connectivity index (χ2v) is 5.01. The van der Waals surface area contributed by atoms with Gasteiger partial charge in [0.05, 0.1) is 0 Å². The molecule has 1 heteroatoms. The van der Waals surface area contributed by atoms with Gasteiger partial charge in [0, 0.05) is 13.2 Å². The molecule has 1 nitrogen and oxygen atoms in total. The largest absolute Gasteiger partial charge is 0.381 e. The highest BCUT2D eigenvalue weighted by Crippen LogP contribution is 2.49. The Hall–Kier alpha value is -0.0400. The van der Waals surface area contributed by atoms with E-state index in [0.29, 0.717) is 0 Å². The van der Waals surface area contributed by atoms with Crippen molar-refractivity contribution in [1.29, 1.82) is 0 Å². The van der Waals surface area contributed by atoms with E-state index in [0.717, 1.165) is 24.5 Å². The number of hydrogen-bond donors (Lipinski definition) is 0. The first kappa shape index (κ1) is 9.51. The van der Waals surface area contributed by atoms with Gasteiger partial charge < -0.3 is 4.74 Å². The maximum absolute atomic E-state index is 5.45. The van der Waals surface area contributed by atoms with Gasteiger partial charge in [-0.05, 0) is 43.4 Å². The molecular formula is C12H22O. The normalized spacial score (nSPS) is 32.5. The molecule has 1 aliphatic heterocycles. The second kappa shape index (κ2) is 4.00. The van der Waals surface area contributed by atoms with Gasteiger partial charge in [0.25, 0.3) is 0 Å². The summed E-state index contributed by atoms with van der Waals surface area (Å²) in [5, 5.41) is 0. The van der Waals surface area contributed by atoms with Crippen LogP contribution in [0.5, 0.6) is 0 Å².